The number of pyridine rings is 1. The van der Waals surface area contributed by atoms with E-state index < -0.39 is 0 Å². The number of benzene rings is 1. The smallest absolute Gasteiger partial charge is 0.261 e. The normalized spacial score (nSPS) is 10.3. The predicted molar refractivity (Wildman–Crippen MR) is 78.4 cm³/mol. The minimum atomic E-state index is -0.261. The monoisotopic (exact) mass is 271 g/mol. The third-order valence-corrected chi connectivity index (χ3v) is 3.25. The van der Waals surface area contributed by atoms with Gasteiger partial charge in [0.1, 0.15) is 5.75 Å². The quantitative estimate of drug-likeness (QED) is 0.803. The summed E-state index contributed by atoms with van der Waals surface area (Å²) in [6.45, 7) is 3.77. The van der Waals surface area contributed by atoms with Crippen molar-refractivity contribution in [2.45, 2.75) is 20.4 Å². The molecular weight excluding hydrogens is 254 g/mol. The third-order valence-electron chi connectivity index (χ3n) is 3.25. The van der Waals surface area contributed by atoms with Crippen molar-refractivity contribution in [1.29, 1.82) is 0 Å². The first-order chi connectivity index (χ1) is 9.60. The van der Waals surface area contributed by atoms with E-state index in [4.69, 9.17) is 4.74 Å². The predicted octanol–water partition coefficient (Wildman–Crippen LogP) is 2.75. The van der Waals surface area contributed by atoms with Crippen LogP contribution in [0.2, 0.25) is 0 Å². The molecule has 1 aromatic carbocycles. The molecule has 104 valence electrons. The zero-order chi connectivity index (χ0) is 14.7. The molecule has 0 saturated heterocycles. The van der Waals surface area contributed by atoms with Crippen molar-refractivity contribution in [2.75, 3.05) is 7.11 Å². The van der Waals surface area contributed by atoms with Crippen molar-refractivity contribution in [1.82, 2.24) is 4.57 Å². The van der Waals surface area contributed by atoms with Crippen LogP contribution in [-0.2, 0) is 6.54 Å². The number of hydrogen-bond donors (Lipinski definition) is 0. The highest BCUT2D eigenvalue weighted by Crippen LogP contribution is 2.28. The molecule has 0 saturated carbocycles. The summed E-state index contributed by atoms with van der Waals surface area (Å²) in [6, 6.07) is 10.9. The molecule has 0 amide bonds. The van der Waals surface area contributed by atoms with E-state index in [0.717, 1.165) is 11.3 Å². The zero-order valence-corrected chi connectivity index (χ0v) is 11.8. The maximum Gasteiger partial charge on any atom is 0.261 e. The number of carbonyl (C=O) groups excluding carboxylic acids is 1. The fourth-order valence-electron chi connectivity index (χ4n) is 2.25. The second-order valence-electron chi connectivity index (χ2n) is 4.44. The Labute approximate surface area is 117 Å². The first kappa shape index (κ1) is 14.1. The summed E-state index contributed by atoms with van der Waals surface area (Å²) in [5, 5.41) is 0. The number of aromatic nitrogens is 1. The Morgan fingerprint density at radius 1 is 1.20 bits per heavy atom. The summed E-state index contributed by atoms with van der Waals surface area (Å²) in [4.78, 5) is 23.8. The zero-order valence-electron chi connectivity index (χ0n) is 11.8. The van der Waals surface area contributed by atoms with Gasteiger partial charge in [0.25, 0.3) is 5.56 Å². The Hall–Kier alpha value is -2.36. The molecule has 0 N–H and O–H groups in total. The standard InChI is InChI=1S/C16H17NO3/c1-4-17-14(10-9-12(11(2)18)16(17)19)13-7-5-6-8-15(13)20-3/h5-10H,4H2,1-3H3. The van der Waals surface area contributed by atoms with Gasteiger partial charge < -0.3 is 9.30 Å². The van der Waals surface area contributed by atoms with Crippen LogP contribution in [0.3, 0.4) is 0 Å². The van der Waals surface area contributed by atoms with Crippen molar-refractivity contribution < 1.29 is 9.53 Å². The molecule has 4 nitrogen and oxygen atoms in total. The molecule has 20 heavy (non-hydrogen) atoms. The molecule has 0 aliphatic carbocycles. The number of para-hydroxylation sites is 1. The lowest BCUT2D eigenvalue weighted by Crippen LogP contribution is -2.26. The lowest BCUT2D eigenvalue weighted by Gasteiger charge is -2.14. The number of ketones is 1. The number of carbonyl (C=O) groups is 1. The maximum absolute atomic E-state index is 12.3. The summed E-state index contributed by atoms with van der Waals surface area (Å²) in [7, 11) is 1.59. The van der Waals surface area contributed by atoms with Gasteiger partial charge in [0.05, 0.1) is 18.4 Å². The number of ether oxygens (including phenoxy) is 1. The van der Waals surface area contributed by atoms with Crippen LogP contribution in [0.4, 0.5) is 0 Å². The van der Waals surface area contributed by atoms with Crippen LogP contribution in [0.1, 0.15) is 24.2 Å². The van der Waals surface area contributed by atoms with E-state index in [9.17, 15) is 9.59 Å². The van der Waals surface area contributed by atoms with Crippen molar-refractivity contribution in [3.63, 3.8) is 0 Å². The minimum Gasteiger partial charge on any atom is -0.496 e. The summed E-state index contributed by atoms with van der Waals surface area (Å²) >= 11 is 0. The van der Waals surface area contributed by atoms with Gasteiger partial charge >= 0.3 is 0 Å². The topological polar surface area (TPSA) is 48.3 Å². The molecule has 0 radical (unpaired) electrons. The largest absolute Gasteiger partial charge is 0.496 e. The summed E-state index contributed by atoms with van der Waals surface area (Å²) in [5.74, 6) is 0.480. The Kier molecular flexibility index (Phi) is 4.03. The van der Waals surface area contributed by atoms with Gasteiger partial charge in [0.15, 0.2) is 5.78 Å². The molecule has 2 rings (SSSR count). The second-order valence-corrected chi connectivity index (χ2v) is 4.44. The molecule has 0 bridgehead atoms. The van der Waals surface area contributed by atoms with E-state index in [1.807, 2.05) is 31.2 Å². The molecule has 0 aliphatic heterocycles. The molecule has 2 aromatic rings. The van der Waals surface area contributed by atoms with Crippen LogP contribution < -0.4 is 10.3 Å². The van der Waals surface area contributed by atoms with E-state index in [0.29, 0.717) is 12.3 Å². The van der Waals surface area contributed by atoms with Crippen LogP contribution in [0.25, 0.3) is 11.3 Å². The van der Waals surface area contributed by atoms with Crippen LogP contribution in [0, 0.1) is 0 Å². The first-order valence-corrected chi connectivity index (χ1v) is 6.48. The fraction of sp³-hybridized carbons (Fsp3) is 0.250. The molecule has 1 heterocycles. The minimum absolute atomic E-state index is 0.213. The summed E-state index contributed by atoms with van der Waals surface area (Å²) in [6.07, 6.45) is 0. The van der Waals surface area contributed by atoms with E-state index in [1.54, 1.807) is 23.8 Å². The summed E-state index contributed by atoms with van der Waals surface area (Å²) in [5.41, 5.74) is 1.54. The van der Waals surface area contributed by atoms with Gasteiger partial charge in [-0.15, -0.1) is 0 Å². The summed E-state index contributed by atoms with van der Waals surface area (Å²) < 4.78 is 6.93. The van der Waals surface area contributed by atoms with Crippen molar-refractivity contribution >= 4 is 5.78 Å². The highest BCUT2D eigenvalue weighted by atomic mass is 16.5. The van der Waals surface area contributed by atoms with Gasteiger partial charge in [-0.3, -0.25) is 9.59 Å². The second kappa shape index (κ2) is 5.74. The van der Waals surface area contributed by atoms with Crippen molar-refractivity contribution in [2.24, 2.45) is 0 Å². The van der Waals surface area contributed by atoms with E-state index >= 15 is 0 Å². The molecule has 1 aromatic heterocycles. The maximum atomic E-state index is 12.3. The van der Waals surface area contributed by atoms with E-state index in [2.05, 4.69) is 0 Å². The SMILES string of the molecule is CCn1c(-c2ccccc2OC)ccc(C(C)=O)c1=O. The van der Waals surface area contributed by atoms with Crippen LogP contribution in [-0.4, -0.2) is 17.5 Å². The highest BCUT2D eigenvalue weighted by Gasteiger charge is 2.14. The molecule has 0 spiro atoms. The number of Topliss-reactive ketones (excluding diaryl/α,β-unsaturated/α-hetero) is 1. The lowest BCUT2D eigenvalue weighted by atomic mass is 10.1. The van der Waals surface area contributed by atoms with E-state index in [1.165, 1.54) is 6.92 Å². The van der Waals surface area contributed by atoms with Crippen molar-refractivity contribution in [3.05, 3.63) is 52.3 Å². The molecular formula is C16H17NO3. The third kappa shape index (κ3) is 2.37. The van der Waals surface area contributed by atoms with Gasteiger partial charge in [0.2, 0.25) is 0 Å². The first-order valence-electron chi connectivity index (χ1n) is 6.48. The van der Waals surface area contributed by atoms with Gasteiger partial charge in [-0.05, 0) is 38.1 Å². The van der Waals surface area contributed by atoms with Crippen molar-refractivity contribution in [3.8, 4) is 17.0 Å². The van der Waals surface area contributed by atoms with Crippen LogP contribution >= 0.6 is 0 Å². The van der Waals surface area contributed by atoms with Gasteiger partial charge in [-0.25, -0.2) is 0 Å². The van der Waals surface area contributed by atoms with E-state index in [-0.39, 0.29) is 16.9 Å². The van der Waals surface area contributed by atoms with Gasteiger partial charge in [-0.2, -0.15) is 0 Å². The highest BCUT2D eigenvalue weighted by molar-refractivity contribution is 5.94. The van der Waals surface area contributed by atoms with Crippen LogP contribution in [0.5, 0.6) is 5.75 Å². The van der Waals surface area contributed by atoms with Gasteiger partial charge in [-0.1, -0.05) is 12.1 Å². The molecule has 0 aliphatic rings. The average molecular weight is 271 g/mol. The number of methoxy groups -OCH3 is 1. The molecule has 0 atom stereocenters. The Balaban J connectivity index is 2.73. The average Bonchev–Trinajstić information content (AvgIpc) is 2.46. The number of hydrogen-bond acceptors (Lipinski definition) is 3. The number of nitrogens with zero attached hydrogens (tertiary/aromatic N) is 1. The Bertz CT molecular complexity index is 701. The Morgan fingerprint density at radius 3 is 2.50 bits per heavy atom. The lowest BCUT2D eigenvalue weighted by molar-refractivity contribution is 0.101. The molecule has 0 unspecified atom stereocenters. The molecule has 4 heteroatoms. The Morgan fingerprint density at radius 2 is 1.90 bits per heavy atom. The van der Waals surface area contributed by atoms with Crippen LogP contribution in [0.15, 0.2) is 41.2 Å². The molecule has 0 fully saturated rings. The number of rotatable bonds is 4. The fourth-order valence-corrected chi connectivity index (χ4v) is 2.25. The van der Waals surface area contributed by atoms with Gasteiger partial charge in [0, 0.05) is 12.1 Å².